The van der Waals surface area contributed by atoms with Crippen molar-refractivity contribution in [2.24, 2.45) is 5.73 Å². The summed E-state index contributed by atoms with van der Waals surface area (Å²) >= 11 is 1.81. The molecule has 2 heterocycles. The molecule has 2 atom stereocenters. The standard InChI is InChI=1S/C13H23N3S/c1-11-8-13(10-14,5-6-16(11)2)15-9-12-4-3-7-17-12/h3-4,7,11,15H,5-6,8-10,14H2,1-2H3. The number of hydrogen-bond acceptors (Lipinski definition) is 4. The van der Waals surface area contributed by atoms with Crippen LogP contribution in [0.25, 0.3) is 0 Å². The van der Waals surface area contributed by atoms with Gasteiger partial charge in [-0.2, -0.15) is 0 Å². The first-order valence-corrected chi connectivity index (χ1v) is 7.21. The van der Waals surface area contributed by atoms with Crippen molar-refractivity contribution in [3.05, 3.63) is 22.4 Å². The Hall–Kier alpha value is -0.420. The number of likely N-dealkylation sites (tertiary alicyclic amines) is 1. The maximum absolute atomic E-state index is 6.01. The van der Waals surface area contributed by atoms with Crippen LogP contribution in [0.1, 0.15) is 24.6 Å². The number of thiophene rings is 1. The van der Waals surface area contributed by atoms with Crippen molar-refractivity contribution in [1.29, 1.82) is 0 Å². The van der Waals surface area contributed by atoms with E-state index in [1.54, 1.807) is 0 Å². The lowest BCUT2D eigenvalue weighted by Gasteiger charge is -2.44. The first-order valence-electron chi connectivity index (χ1n) is 6.33. The van der Waals surface area contributed by atoms with E-state index in [0.29, 0.717) is 6.04 Å². The third-order valence-corrected chi connectivity index (χ3v) is 4.87. The predicted molar refractivity (Wildman–Crippen MR) is 74.3 cm³/mol. The van der Waals surface area contributed by atoms with Crippen LogP contribution in [-0.2, 0) is 6.54 Å². The van der Waals surface area contributed by atoms with Crippen LogP contribution in [0.15, 0.2) is 17.5 Å². The summed E-state index contributed by atoms with van der Waals surface area (Å²) in [7, 11) is 2.20. The molecule has 96 valence electrons. The molecule has 3 nitrogen and oxygen atoms in total. The summed E-state index contributed by atoms with van der Waals surface area (Å²) in [4.78, 5) is 3.81. The molecule has 0 bridgehead atoms. The number of hydrogen-bond donors (Lipinski definition) is 2. The fraction of sp³-hybridized carbons (Fsp3) is 0.692. The number of nitrogens with two attached hydrogens (primary N) is 1. The molecule has 0 aromatic carbocycles. The fourth-order valence-electron chi connectivity index (χ4n) is 2.54. The van der Waals surface area contributed by atoms with E-state index in [2.05, 4.69) is 41.7 Å². The lowest BCUT2D eigenvalue weighted by molar-refractivity contribution is 0.110. The molecule has 0 aliphatic carbocycles. The maximum atomic E-state index is 6.01. The zero-order valence-corrected chi connectivity index (χ0v) is 11.6. The van der Waals surface area contributed by atoms with E-state index in [1.165, 1.54) is 4.88 Å². The highest BCUT2D eigenvalue weighted by Gasteiger charge is 2.35. The van der Waals surface area contributed by atoms with Crippen molar-refractivity contribution >= 4 is 11.3 Å². The SMILES string of the molecule is CC1CC(CN)(NCc2cccs2)CCN1C. The van der Waals surface area contributed by atoms with Gasteiger partial charge in [-0.15, -0.1) is 11.3 Å². The van der Waals surface area contributed by atoms with E-state index in [-0.39, 0.29) is 5.54 Å². The Kier molecular flexibility index (Phi) is 4.20. The Labute approximate surface area is 108 Å². The van der Waals surface area contributed by atoms with Crippen LogP contribution in [-0.4, -0.2) is 36.6 Å². The van der Waals surface area contributed by atoms with Gasteiger partial charge in [-0.1, -0.05) is 6.07 Å². The van der Waals surface area contributed by atoms with Crippen LogP contribution >= 0.6 is 11.3 Å². The number of piperidine rings is 1. The van der Waals surface area contributed by atoms with Gasteiger partial charge in [-0.3, -0.25) is 0 Å². The van der Waals surface area contributed by atoms with Gasteiger partial charge < -0.3 is 16.0 Å². The smallest absolute Gasteiger partial charge is 0.0334 e. The minimum atomic E-state index is 0.135. The third kappa shape index (κ3) is 3.07. The molecule has 2 rings (SSSR count). The molecule has 1 fully saturated rings. The largest absolute Gasteiger partial charge is 0.329 e. The second-order valence-corrected chi connectivity index (χ2v) is 6.23. The predicted octanol–water partition coefficient (Wildman–Crippen LogP) is 1.65. The van der Waals surface area contributed by atoms with E-state index >= 15 is 0 Å². The van der Waals surface area contributed by atoms with Gasteiger partial charge in [0.2, 0.25) is 0 Å². The van der Waals surface area contributed by atoms with Gasteiger partial charge in [0, 0.05) is 29.5 Å². The van der Waals surface area contributed by atoms with E-state index in [1.807, 2.05) is 11.3 Å². The maximum Gasteiger partial charge on any atom is 0.0334 e. The fourth-order valence-corrected chi connectivity index (χ4v) is 3.18. The normalized spacial score (nSPS) is 30.6. The Morgan fingerprint density at radius 3 is 3.06 bits per heavy atom. The van der Waals surface area contributed by atoms with Gasteiger partial charge in [0.25, 0.3) is 0 Å². The highest BCUT2D eigenvalue weighted by atomic mass is 32.1. The van der Waals surface area contributed by atoms with Gasteiger partial charge >= 0.3 is 0 Å². The van der Waals surface area contributed by atoms with Gasteiger partial charge in [-0.25, -0.2) is 0 Å². The Morgan fingerprint density at radius 1 is 1.65 bits per heavy atom. The molecule has 3 N–H and O–H groups in total. The second-order valence-electron chi connectivity index (χ2n) is 5.20. The van der Waals surface area contributed by atoms with Crippen molar-refractivity contribution in [3.63, 3.8) is 0 Å². The van der Waals surface area contributed by atoms with Crippen LogP contribution in [0.3, 0.4) is 0 Å². The Balaban J connectivity index is 1.95. The summed E-state index contributed by atoms with van der Waals surface area (Å²) in [6, 6.07) is 4.90. The van der Waals surface area contributed by atoms with Crippen molar-refractivity contribution < 1.29 is 0 Å². The van der Waals surface area contributed by atoms with E-state index in [9.17, 15) is 0 Å². The van der Waals surface area contributed by atoms with Crippen LogP contribution in [0, 0.1) is 0 Å². The van der Waals surface area contributed by atoms with Gasteiger partial charge in [-0.05, 0) is 44.8 Å². The highest BCUT2D eigenvalue weighted by Crippen LogP contribution is 2.25. The lowest BCUT2D eigenvalue weighted by Crippen LogP contribution is -2.59. The van der Waals surface area contributed by atoms with Gasteiger partial charge in [0.15, 0.2) is 0 Å². The molecule has 1 aliphatic rings. The molecular weight excluding hydrogens is 230 g/mol. The summed E-state index contributed by atoms with van der Waals surface area (Å²) in [5.41, 5.74) is 6.14. The number of rotatable bonds is 4. The average Bonchev–Trinajstić information content (AvgIpc) is 2.84. The van der Waals surface area contributed by atoms with Crippen molar-refractivity contribution in [2.45, 2.75) is 37.9 Å². The molecule has 4 heteroatoms. The van der Waals surface area contributed by atoms with Crippen molar-refractivity contribution in [1.82, 2.24) is 10.2 Å². The number of nitrogens with one attached hydrogen (secondary N) is 1. The molecular formula is C13H23N3S. The van der Waals surface area contributed by atoms with Crippen LogP contribution in [0.5, 0.6) is 0 Å². The molecule has 1 aromatic heterocycles. The zero-order valence-electron chi connectivity index (χ0n) is 10.8. The summed E-state index contributed by atoms with van der Waals surface area (Å²) < 4.78 is 0. The zero-order chi connectivity index (χ0) is 12.3. The van der Waals surface area contributed by atoms with Crippen LogP contribution in [0.2, 0.25) is 0 Å². The summed E-state index contributed by atoms with van der Waals surface area (Å²) in [5, 5.41) is 5.83. The first kappa shape index (κ1) is 13.0. The average molecular weight is 253 g/mol. The molecule has 1 aromatic rings. The quantitative estimate of drug-likeness (QED) is 0.857. The van der Waals surface area contributed by atoms with E-state index in [0.717, 1.165) is 32.5 Å². The first-order chi connectivity index (χ1) is 8.15. The third-order valence-electron chi connectivity index (χ3n) is 3.99. The second kappa shape index (κ2) is 5.48. The van der Waals surface area contributed by atoms with E-state index < -0.39 is 0 Å². The molecule has 2 unspecified atom stereocenters. The molecule has 0 amide bonds. The van der Waals surface area contributed by atoms with Crippen LogP contribution in [0.4, 0.5) is 0 Å². The van der Waals surface area contributed by atoms with E-state index in [4.69, 9.17) is 5.73 Å². The molecule has 1 aliphatic heterocycles. The Morgan fingerprint density at radius 2 is 2.47 bits per heavy atom. The molecule has 17 heavy (non-hydrogen) atoms. The number of nitrogens with zero attached hydrogens (tertiary/aromatic N) is 1. The molecule has 0 saturated carbocycles. The Bertz CT molecular complexity index is 338. The van der Waals surface area contributed by atoms with Crippen LogP contribution < -0.4 is 11.1 Å². The topological polar surface area (TPSA) is 41.3 Å². The van der Waals surface area contributed by atoms with Crippen molar-refractivity contribution in [3.8, 4) is 0 Å². The van der Waals surface area contributed by atoms with Gasteiger partial charge in [0.1, 0.15) is 0 Å². The monoisotopic (exact) mass is 253 g/mol. The highest BCUT2D eigenvalue weighted by molar-refractivity contribution is 7.09. The molecule has 1 saturated heterocycles. The van der Waals surface area contributed by atoms with Gasteiger partial charge in [0.05, 0.1) is 0 Å². The molecule has 0 radical (unpaired) electrons. The minimum absolute atomic E-state index is 0.135. The van der Waals surface area contributed by atoms with Crippen molar-refractivity contribution in [2.75, 3.05) is 20.1 Å². The summed E-state index contributed by atoms with van der Waals surface area (Å²) in [6.07, 6.45) is 2.29. The minimum Gasteiger partial charge on any atom is -0.329 e. The summed E-state index contributed by atoms with van der Waals surface area (Å²) in [6.45, 7) is 5.11. The molecule has 0 spiro atoms. The lowest BCUT2D eigenvalue weighted by atomic mass is 9.84. The summed E-state index contributed by atoms with van der Waals surface area (Å²) in [5.74, 6) is 0.